The molecule has 1 N–H and O–H groups in total. The van der Waals surface area contributed by atoms with Crippen LogP contribution in [0.2, 0.25) is 0 Å². The van der Waals surface area contributed by atoms with Crippen LogP contribution in [-0.4, -0.2) is 29.5 Å². The molecule has 4 nitrogen and oxygen atoms in total. The predicted molar refractivity (Wildman–Crippen MR) is 64.4 cm³/mol. The lowest BCUT2D eigenvalue weighted by atomic mass is 10.1. The molecule has 1 aliphatic heterocycles. The van der Waals surface area contributed by atoms with E-state index in [2.05, 4.69) is 15.0 Å². The van der Waals surface area contributed by atoms with Crippen molar-refractivity contribution < 1.29 is 5.21 Å². The fourth-order valence-corrected chi connectivity index (χ4v) is 2.06. The predicted octanol–water partition coefficient (Wildman–Crippen LogP) is 2.19. The number of rotatable bonds is 2. The summed E-state index contributed by atoms with van der Waals surface area (Å²) >= 11 is 0. The molecule has 1 aromatic rings. The second-order valence-electron chi connectivity index (χ2n) is 4.14. The SMILES string of the molecule is Cc1nc(N2CCCCC2)ccc1/C=N\O. The maximum absolute atomic E-state index is 8.49. The Kier molecular flexibility index (Phi) is 3.39. The van der Waals surface area contributed by atoms with Crippen molar-refractivity contribution in [2.24, 2.45) is 5.16 Å². The monoisotopic (exact) mass is 219 g/mol. The molecular formula is C12H17N3O. The fraction of sp³-hybridized carbons (Fsp3) is 0.500. The standard InChI is InChI=1S/C12H17N3O/c1-10-11(9-13-16)5-6-12(14-10)15-7-3-2-4-8-15/h5-6,9,16H,2-4,7-8H2,1H3/b13-9-. The van der Waals surface area contributed by atoms with Crippen molar-refractivity contribution in [1.29, 1.82) is 0 Å². The van der Waals surface area contributed by atoms with Crippen LogP contribution in [0.1, 0.15) is 30.5 Å². The largest absolute Gasteiger partial charge is 0.411 e. The number of oxime groups is 1. The van der Waals surface area contributed by atoms with E-state index in [9.17, 15) is 0 Å². The molecule has 0 saturated carbocycles. The molecule has 0 bridgehead atoms. The summed E-state index contributed by atoms with van der Waals surface area (Å²) in [6.45, 7) is 4.13. The van der Waals surface area contributed by atoms with Gasteiger partial charge in [0, 0.05) is 24.3 Å². The molecule has 86 valence electrons. The van der Waals surface area contributed by atoms with Gasteiger partial charge < -0.3 is 10.1 Å². The van der Waals surface area contributed by atoms with Gasteiger partial charge in [-0.2, -0.15) is 0 Å². The third-order valence-corrected chi connectivity index (χ3v) is 2.99. The number of hydrogen-bond donors (Lipinski definition) is 1. The van der Waals surface area contributed by atoms with Gasteiger partial charge in [-0.25, -0.2) is 4.98 Å². The van der Waals surface area contributed by atoms with E-state index >= 15 is 0 Å². The van der Waals surface area contributed by atoms with Crippen LogP contribution in [0, 0.1) is 6.92 Å². The first-order chi connectivity index (χ1) is 7.81. The Morgan fingerprint density at radius 3 is 2.69 bits per heavy atom. The highest BCUT2D eigenvalue weighted by atomic mass is 16.4. The third-order valence-electron chi connectivity index (χ3n) is 2.99. The van der Waals surface area contributed by atoms with Gasteiger partial charge in [0.15, 0.2) is 0 Å². The number of aryl methyl sites for hydroxylation is 1. The van der Waals surface area contributed by atoms with Gasteiger partial charge in [0.1, 0.15) is 5.82 Å². The topological polar surface area (TPSA) is 48.7 Å². The lowest BCUT2D eigenvalue weighted by Crippen LogP contribution is -2.30. The van der Waals surface area contributed by atoms with Gasteiger partial charge in [-0.15, -0.1) is 0 Å². The summed E-state index contributed by atoms with van der Waals surface area (Å²) in [5.41, 5.74) is 1.77. The number of anilines is 1. The van der Waals surface area contributed by atoms with Crippen LogP contribution in [0.25, 0.3) is 0 Å². The molecule has 1 saturated heterocycles. The summed E-state index contributed by atoms with van der Waals surface area (Å²) in [6.07, 6.45) is 5.24. The van der Waals surface area contributed by atoms with Crippen LogP contribution in [0.5, 0.6) is 0 Å². The second kappa shape index (κ2) is 4.96. The van der Waals surface area contributed by atoms with Crippen LogP contribution in [0.3, 0.4) is 0 Å². The van der Waals surface area contributed by atoms with Crippen molar-refractivity contribution in [1.82, 2.24) is 4.98 Å². The number of nitrogens with zero attached hydrogens (tertiary/aromatic N) is 3. The van der Waals surface area contributed by atoms with E-state index in [0.29, 0.717) is 0 Å². The maximum Gasteiger partial charge on any atom is 0.128 e. The van der Waals surface area contributed by atoms with E-state index in [0.717, 1.165) is 30.2 Å². The zero-order valence-corrected chi connectivity index (χ0v) is 9.56. The van der Waals surface area contributed by atoms with Crippen LogP contribution >= 0.6 is 0 Å². The summed E-state index contributed by atoms with van der Waals surface area (Å²) in [7, 11) is 0. The number of aromatic nitrogens is 1. The first-order valence-corrected chi connectivity index (χ1v) is 5.71. The Morgan fingerprint density at radius 2 is 2.06 bits per heavy atom. The quantitative estimate of drug-likeness (QED) is 0.471. The van der Waals surface area contributed by atoms with Crippen molar-refractivity contribution in [3.8, 4) is 0 Å². The number of piperidine rings is 1. The smallest absolute Gasteiger partial charge is 0.128 e. The zero-order valence-electron chi connectivity index (χ0n) is 9.56. The minimum Gasteiger partial charge on any atom is -0.411 e. The molecule has 2 heterocycles. The van der Waals surface area contributed by atoms with E-state index in [1.165, 1.54) is 25.5 Å². The van der Waals surface area contributed by atoms with Crippen molar-refractivity contribution in [2.45, 2.75) is 26.2 Å². The van der Waals surface area contributed by atoms with Gasteiger partial charge in [0.25, 0.3) is 0 Å². The van der Waals surface area contributed by atoms with Crippen LogP contribution in [0.4, 0.5) is 5.82 Å². The fourth-order valence-electron chi connectivity index (χ4n) is 2.06. The molecule has 0 amide bonds. The summed E-state index contributed by atoms with van der Waals surface area (Å²) in [4.78, 5) is 6.85. The Bertz CT molecular complexity index is 384. The Hall–Kier alpha value is -1.58. The Balaban J connectivity index is 2.19. The van der Waals surface area contributed by atoms with Crippen LogP contribution < -0.4 is 4.90 Å². The van der Waals surface area contributed by atoms with Crippen molar-refractivity contribution in [3.05, 3.63) is 23.4 Å². The average Bonchev–Trinajstić information content (AvgIpc) is 2.33. The van der Waals surface area contributed by atoms with Gasteiger partial charge in [-0.05, 0) is 38.3 Å². The van der Waals surface area contributed by atoms with Crippen molar-refractivity contribution in [2.75, 3.05) is 18.0 Å². The first-order valence-electron chi connectivity index (χ1n) is 5.71. The molecule has 0 aliphatic carbocycles. The highest BCUT2D eigenvalue weighted by molar-refractivity contribution is 5.80. The lowest BCUT2D eigenvalue weighted by molar-refractivity contribution is 0.322. The lowest BCUT2D eigenvalue weighted by Gasteiger charge is -2.28. The molecule has 1 aromatic heterocycles. The molecule has 2 rings (SSSR count). The molecule has 4 heteroatoms. The van der Waals surface area contributed by atoms with E-state index in [4.69, 9.17) is 5.21 Å². The number of hydrogen-bond acceptors (Lipinski definition) is 4. The third kappa shape index (κ3) is 2.32. The average molecular weight is 219 g/mol. The molecule has 1 fully saturated rings. The van der Waals surface area contributed by atoms with Crippen LogP contribution in [-0.2, 0) is 0 Å². The minimum absolute atomic E-state index is 0.864. The van der Waals surface area contributed by atoms with Gasteiger partial charge in [-0.3, -0.25) is 0 Å². The van der Waals surface area contributed by atoms with Gasteiger partial charge >= 0.3 is 0 Å². The van der Waals surface area contributed by atoms with E-state index in [-0.39, 0.29) is 0 Å². The van der Waals surface area contributed by atoms with Gasteiger partial charge in [0.2, 0.25) is 0 Å². The van der Waals surface area contributed by atoms with Crippen LogP contribution in [0.15, 0.2) is 17.3 Å². The molecule has 1 aliphatic rings. The number of pyridine rings is 1. The van der Waals surface area contributed by atoms with Gasteiger partial charge in [-0.1, -0.05) is 5.16 Å². The molecule has 0 spiro atoms. The van der Waals surface area contributed by atoms with E-state index in [1.54, 1.807) is 0 Å². The molecule has 0 radical (unpaired) electrons. The van der Waals surface area contributed by atoms with Gasteiger partial charge in [0.05, 0.1) is 6.21 Å². The summed E-state index contributed by atoms with van der Waals surface area (Å²) in [6, 6.07) is 3.95. The molecular weight excluding hydrogens is 202 g/mol. The molecule has 0 aromatic carbocycles. The first kappa shape index (κ1) is 10.9. The van der Waals surface area contributed by atoms with Crippen molar-refractivity contribution >= 4 is 12.0 Å². The minimum atomic E-state index is 0.864. The molecule has 16 heavy (non-hydrogen) atoms. The highest BCUT2D eigenvalue weighted by Crippen LogP contribution is 2.18. The van der Waals surface area contributed by atoms with E-state index in [1.807, 2.05) is 19.1 Å². The molecule has 0 unspecified atom stereocenters. The summed E-state index contributed by atoms with van der Waals surface area (Å²) in [5, 5.41) is 11.5. The Labute approximate surface area is 95.6 Å². The van der Waals surface area contributed by atoms with E-state index < -0.39 is 0 Å². The zero-order chi connectivity index (χ0) is 11.4. The summed E-state index contributed by atoms with van der Waals surface area (Å²) < 4.78 is 0. The highest BCUT2D eigenvalue weighted by Gasteiger charge is 2.12. The summed E-state index contributed by atoms with van der Waals surface area (Å²) in [5.74, 6) is 1.03. The second-order valence-corrected chi connectivity index (χ2v) is 4.14. The maximum atomic E-state index is 8.49. The van der Waals surface area contributed by atoms with Crippen molar-refractivity contribution in [3.63, 3.8) is 0 Å². The Morgan fingerprint density at radius 1 is 1.31 bits per heavy atom. The normalized spacial score (nSPS) is 16.9. The molecule has 0 atom stereocenters.